The molecule has 0 saturated heterocycles. The van der Waals surface area contributed by atoms with Gasteiger partial charge in [0.05, 0.1) is 12.0 Å². The summed E-state index contributed by atoms with van der Waals surface area (Å²) in [6, 6.07) is 0. The Hall–Kier alpha value is -1.39. The Balaban J connectivity index is 2.68. The zero-order valence-electron chi connectivity index (χ0n) is 7.75. The second kappa shape index (κ2) is 3.77. The van der Waals surface area contributed by atoms with E-state index >= 15 is 0 Å². The molecule has 0 heterocycles. The van der Waals surface area contributed by atoms with Gasteiger partial charge in [-0.3, -0.25) is 4.79 Å². The topological polar surface area (TPSA) is 63.6 Å². The first-order valence-corrected chi connectivity index (χ1v) is 4.31. The zero-order valence-corrected chi connectivity index (χ0v) is 7.75. The van der Waals surface area contributed by atoms with Crippen LogP contribution in [0.15, 0.2) is 11.9 Å². The maximum Gasteiger partial charge on any atom is 0.366 e. The number of carboxylic acid groups (broad SMARTS) is 1. The van der Waals surface area contributed by atoms with Crippen LogP contribution in [0.1, 0.15) is 19.8 Å². The fraction of sp³-hybridized carbons (Fsp3) is 0.556. The highest BCUT2D eigenvalue weighted by Gasteiger charge is 2.49. The molecule has 0 bridgehead atoms. The maximum absolute atomic E-state index is 13.0. The first-order valence-electron chi connectivity index (χ1n) is 4.31. The minimum atomic E-state index is -1.17. The molecule has 0 aliphatic heterocycles. The third-order valence-corrected chi connectivity index (χ3v) is 2.09. The van der Waals surface area contributed by atoms with Crippen molar-refractivity contribution in [1.82, 2.24) is 0 Å². The van der Waals surface area contributed by atoms with E-state index in [-0.39, 0.29) is 6.61 Å². The summed E-state index contributed by atoms with van der Waals surface area (Å²) in [5, 5.41) is 8.70. The van der Waals surface area contributed by atoms with Gasteiger partial charge in [-0.1, -0.05) is 0 Å². The van der Waals surface area contributed by atoms with Gasteiger partial charge in [-0.2, -0.15) is 4.39 Å². The molecule has 0 spiro atoms. The monoisotopic (exact) mass is 202 g/mol. The van der Waals surface area contributed by atoms with Crippen LogP contribution in [0.5, 0.6) is 0 Å². The normalized spacial score (nSPS) is 18.9. The van der Waals surface area contributed by atoms with Crippen LogP contribution in [0.25, 0.3) is 0 Å². The highest BCUT2D eigenvalue weighted by Crippen LogP contribution is 2.48. The van der Waals surface area contributed by atoms with E-state index in [1.807, 2.05) is 0 Å². The van der Waals surface area contributed by atoms with Crippen molar-refractivity contribution in [3.05, 3.63) is 11.9 Å². The third kappa shape index (κ3) is 2.10. The smallest absolute Gasteiger partial charge is 0.366 e. The first-order chi connectivity index (χ1) is 6.52. The van der Waals surface area contributed by atoms with Gasteiger partial charge in [-0.25, -0.2) is 4.79 Å². The Morgan fingerprint density at radius 1 is 1.57 bits per heavy atom. The lowest BCUT2D eigenvalue weighted by Gasteiger charge is -2.03. The number of carbonyl (C=O) groups excluding carboxylic acids is 1. The maximum atomic E-state index is 13.0. The number of hydrogen-bond acceptors (Lipinski definition) is 3. The van der Waals surface area contributed by atoms with Gasteiger partial charge in [0.15, 0.2) is 0 Å². The van der Waals surface area contributed by atoms with E-state index in [1.54, 1.807) is 6.92 Å². The van der Waals surface area contributed by atoms with Crippen molar-refractivity contribution >= 4 is 11.9 Å². The molecule has 78 valence electrons. The molecule has 0 unspecified atom stereocenters. The lowest BCUT2D eigenvalue weighted by molar-refractivity contribution is -0.141. The highest BCUT2D eigenvalue weighted by molar-refractivity contribution is 5.89. The standard InChI is InChI=1S/C9H11FO4/c1-2-14-7(11)6(10)5-9(3-4-9)8(12)13/h5H,2-4H2,1H3,(H,12,13)/b6-5-. The molecule has 14 heavy (non-hydrogen) atoms. The number of carboxylic acids is 1. The average Bonchev–Trinajstić information content (AvgIpc) is 2.86. The van der Waals surface area contributed by atoms with Crippen LogP contribution in [0.4, 0.5) is 4.39 Å². The highest BCUT2D eigenvalue weighted by atomic mass is 19.1. The van der Waals surface area contributed by atoms with Crippen LogP contribution in [-0.2, 0) is 14.3 Å². The average molecular weight is 202 g/mol. The molecule has 5 heteroatoms. The second-order valence-electron chi connectivity index (χ2n) is 3.17. The molecule has 1 fully saturated rings. The SMILES string of the molecule is CCOC(=O)/C(F)=C/C1(C(=O)O)CC1. The number of rotatable bonds is 4. The van der Waals surface area contributed by atoms with Crippen molar-refractivity contribution in [1.29, 1.82) is 0 Å². The minimum absolute atomic E-state index is 0.0696. The third-order valence-electron chi connectivity index (χ3n) is 2.09. The van der Waals surface area contributed by atoms with E-state index in [0.717, 1.165) is 6.08 Å². The van der Waals surface area contributed by atoms with Gasteiger partial charge in [0.2, 0.25) is 5.83 Å². The largest absolute Gasteiger partial charge is 0.481 e. The molecule has 0 radical (unpaired) electrons. The van der Waals surface area contributed by atoms with Crippen molar-refractivity contribution in [3.63, 3.8) is 0 Å². The van der Waals surface area contributed by atoms with Crippen molar-refractivity contribution in [2.24, 2.45) is 5.41 Å². The molecule has 0 atom stereocenters. The summed E-state index contributed by atoms with van der Waals surface area (Å²) >= 11 is 0. The van der Waals surface area contributed by atoms with Gasteiger partial charge in [0.25, 0.3) is 0 Å². The van der Waals surface area contributed by atoms with E-state index < -0.39 is 23.2 Å². The van der Waals surface area contributed by atoms with Gasteiger partial charge in [0.1, 0.15) is 0 Å². The van der Waals surface area contributed by atoms with Crippen molar-refractivity contribution in [3.8, 4) is 0 Å². The van der Waals surface area contributed by atoms with Crippen LogP contribution in [0, 0.1) is 5.41 Å². The molecule has 1 aliphatic rings. The number of hydrogen-bond donors (Lipinski definition) is 1. The molecule has 0 aromatic rings. The fourth-order valence-corrected chi connectivity index (χ4v) is 1.06. The molecule has 0 amide bonds. The lowest BCUT2D eigenvalue weighted by atomic mass is 10.1. The zero-order chi connectivity index (χ0) is 10.8. The Bertz CT molecular complexity index is 291. The molecule has 1 aliphatic carbocycles. The number of esters is 1. The van der Waals surface area contributed by atoms with E-state index in [1.165, 1.54) is 0 Å². The molecule has 1 rings (SSSR count). The predicted molar refractivity (Wildman–Crippen MR) is 45.1 cm³/mol. The molecule has 1 N–H and O–H groups in total. The summed E-state index contributed by atoms with van der Waals surface area (Å²) in [5.41, 5.74) is -1.17. The predicted octanol–water partition coefficient (Wildman–Crippen LogP) is 1.27. The first kappa shape index (κ1) is 10.7. The van der Waals surface area contributed by atoms with Crippen LogP contribution in [0.3, 0.4) is 0 Å². The van der Waals surface area contributed by atoms with E-state index in [9.17, 15) is 14.0 Å². The number of halogens is 1. The van der Waals surface area contributed by atoms with E-state index in [4.69, 9.17) is 5.11 Å². The van der Waals surface area contributed by atoms with Crippen LogP contribution < -0.4 is 0 Å². The van der Waals surface area contributed by atoms with E-state index in [2.05, 4.69) is 4.74 Å². The van der Waals surface area contributed by atoms with Gasteiger partial charge in [0, 0.05) is 0 Å². The Labute approximate surface area is 80.4 Å². The van der Waals surface area contributed by atoms with Crippen LogP contribution >= 0.6 is 0 Å². The summed E-state index contributed by atoms with van der Waals surface area (Å²) in [6.07, 6.45) is 1.58. The molecule has 0 aromatic heterocycles. The minimum Gasteiger partial charge on any atom is -0.481 e. The van der Waals surface area contributed by atoms with Crippen LogP contribution in [-0.4, -0.2) is 23.7 Å². The summed E-state index contributed by atoms with van der Waals surface area (Å²) in [5.74, 6) is -3.32. The fourth-order valence-electron chi connectivity index (χ4n) is 1.06. The molecular weight excluding hydrogens is 191 g/mol. The van der Waals surface area contributed by atoms with Crippen molar-refractivity contribution < 1.29 is 23.8 Å². The van der Waals surface area contributed by atoms with Gasteiger partial charge in [-0.15, -0.1) is 0 Å². The number of carbonyl (C=O) groups is 2. The molecular formula is C9H11FO4. The van der Waals surface area contributed by atoms with Crippen LogP contribution in [0.2, 0.25) is 0 Å². The summed E-state index contributed by atoms with van der Waals surface area (Å²) in [6.45, 7) is 1.62. The molecule has 0 aromatic carbocycles. The quantitative estimate of drug-likeness (QED) is 0.550. The van der Waals surface area contributed by atoms with Gasteiger partial charge < -0.3 is 9.84 Å². The van der Waals surface area contributed by atoms with Gasteiger partial charge >= 0.3 is 11.9 Å². The molecule has 4 nitrogen and oxygen atoms in total. The summed E-state index contributed by atoms with van der Waals surface area (Å²) in [7, 11) is 0. The Morgan fingerprint density at radius 3 is 2.50 bits per heavy atom. The summed E-state index contributed by atoms with van der Waals surface area (Å²) < 4.78 is 17.4. The van der Waals surface area contributed by atoms with Gasteiger partial charge in [-0.05, 0) is 25.8 Å². The van der Waals surface area contributed by atoms with Crippen molar-refractivity contribution in [2.45, 2.75) is 19.8 Å². The number of ether oxygens (including phenoxy) is 1. The summed E-state index contributed by atoms with van der Waals surface area (Å²) in [4.78, 5) is 21.4. The van der Waals surface area contributed by atoms with E-state index in [0.29, 0.717) is 12.8 Å². The van der Waals surface area contributed by atoms with Crippen molar-refractivity contribution in [2.75, 3.05) is 6.61 Å². The lowest BCUT2D eigenvalue weighted by Crippen LogP contribution is -2.14. The Morgan fingerprint density at radius 2 is 2.14 bits per heavy atom. The Kier molecular flexibility index (Phi) is 2.88. The molecule has 1 saturated carbocycles. The second-order valence-corrected chi connectivity index (χ2v) is 3.17. The number of aliphatic carboxylic acids is 1.